The van der Waals surface area contributed by atoms with Crippen LogP contribution in [-0.4, -0.2) is 67.4 Å². The molecule has 1 saturated carbocycles. The second-order valence-corrected chi connectivity index (χ2v) is 16.3. The Labute approximate surface area is 199 Å². The number of rotatable bonds is 5. The van der Waals surface area contributed by atoms with Crippen molar-refractivity contribution in [2.75, 3.05) is 11.5 Å². The van der Waals surface area contributed by atoms with Crippen LogP contribution >= 0.6 is 0 Å². The third-order valence-corrected chi connectivity index (χ3v) is 12.6. The number of ether oxygens (including phenoxy) is 2. The average Bonchev–Trinajstić information content (AvgIpc) is 2.89. The van der Waals surface area contributed by atoms with Gasteiger partial charge >= 0.3 is 6.09 Å². The number of carbonyl (C=O) groups excluding carboxylic acids is 1. The highest BCUT2D eigenvalue weighted by atomic mass is 32.3. The van der Waals surface area contributed by atoms with Gasteiger partial charge in [-0.25, -0.2) is 21.6 Å². The molecule has 3 rings (SSSR count). The Bertz CT molecular complexity index is 881. The molecule has 192 valence electrons. The third kappa shape index (κ3) is 6.42. The number of amides is 1. The van der Waals surface area contributed by atoms with Gasteiger partial charge in [0.1, 0.15) is 11.3 Å². The minimum Gasteiger partial charge on any atom is -0.444 e. The van der Waals surface area contributed by atoms with Gasteiger partial charge in [0, 0.05) is 0 Å². The summed E-state index contributed by atoms with van der Waals surface area (Å²) < 4.78 is 60.8. The van der Waals surface area contributed by atoms with Crippen molar-refractivity contribution in [1.29, 1.82) is 0 Å². The van der Waals surface area contributed by atoms with Crippen molar-refractivity contribution >= 4 is 25.8 Å². The molecule has 0 N–H and O–H groups in total. The van der Waals surface area contributed by atoms with E-state index in [-0.39, 0.29) is 36.8 Å². The van der Waals surface area contributed by atoms with Gasteiger partial charge in [-0.1, -0.05) is 32.1 Å². The first-order valence-electron chi connectivity index (χ1n) is 12.3. The SMILES string of the molecule is CC(C)(C)OC(=O)N1[C@@H](CC2CCCCC2)[C@H](CCC2S(=O)(=O)CCCS2(=O)=O)OC1(C)C. The van der Waals surface area contributed by atoms with Crippen LogP contribution < -0.4 is 0 Å². The molecule has 2 saturated heterocycles. The summed E-state index contributed by atoms with van der Waals surface area (Å²) in [5.41, 5.74) is -1.60. The molecule has 0 unspecified atom stereocenters. The quantitative estimate of drug-likeness (QED) is 0.553. The Hall–Kier alpha value is -0.870. The summed E-state index contributed by atoms with van der Waals surface area (Å²) in [6, 6.07) is -0.285. The standard InChI is InChI=1S/C23H41NO7S2/c1-22(2,3)31-21(25)24-18(16-17-10-7-6-8-11-17)19(30-23(24,4)5)12-13-20-32(26,27)14-9-15-33(20,28)29/h17-20H,6-16H2,1-5H3/t18-,19-/m0/s1. The maximum atomic E-state index is 13.2. The smallest absolute Gasteiger partial charge is 0.412 e. The molecule has 3 aliphatic rings. The Balaban J connectivity index is 1.84. The molecule has 0 bridgehead atoms. The molecule has 33 heavy (non-hydrogen) atoms. The molecule has 2 heterocycles. The molecule has 0 spiro atoms. The predicted octanol–water partition coefficient (Wildman–Crippen LogP) is 4.04. The minimum absolute atomic E-state index is 0.00522. The molecular formula is C23H41NO7S2. The average molecular weight is 508 g/mol. The fourth-order valence-electron chi connectivity index (χ4n) is 5.62. The monoisotopic (exact) mass is 507 g/mol. The molecule has 0 aromatic heterocycles. The summed E-state index contributed by atoms with van der Waals surface area (Å²) in [6.45, 7) is 9.10. The second-order valence-electron chi connectivity index (χ2n) is 11.4. The van der Waals surface area contributed by atoms with Crippen molar-refractivity contribution in [3.05, 3.63) is 0 Å². The van der Waals surface area contributed by atoms with Gasteiger partial charge in [-0.2, -0.15) is 0 Å². The van der Waals surface area contributed by atoms with E-state index in [0.717, 1.165) is 32.1 Å². The van der Waals surface area contributed by atoms with Gasteiger partial charge < -0.3 is 9.47 Å². The first-order chi connectivity index (χ1) is 15.1. The van der Waals surface area contributed by atoms with E-state index in [2.05, 4.69) is 0 Å². The van der Waals surface area contributed by atoms with Crippen molar-refractivity contribution < 1.29 is 31.1 Å². The van der Waals surface area contributed by atoms with Gasteiger partial charge in [0.05, 0.1) is 23.7 Å². The Kier molecular flexibility index (Phi) is 7.81. The second kappa shape index (κ2) is 9.64. The minimum atomic E-state index is -3.70. The summed E-state index contributed by atoms with van der Waals surface area (Å²) in [6.07, 6.45) is 6.01. The molecule has 3 fully saturated rings. The van der Waals surface area contributed by atoms with E-state index in [1.54, 1.807) is 4.90 Å². The topological polar surface area (TPSA) is 107 Å². The van der Waals surface area contributed by atoms with Crippen LogP contribution in [-0.2, 0) is 29.1 Å². The lowest BCUT2D eigenvalue weighted by Crippen LogP contribution is -2.51. The summed E-state index contributed by atoms with van der Waals surface area (Å²) in [4.78, 5) is 14.9. The van der Waals surface area contributed by atoms with Crippen molar-refractivity contribution in [2.45, 2.75) is 120 Å². The molecule has 2 atom stereocenters. The van der Waals surface area contributed by atoms with Gasteiger partial charge in [0.2, 0.25) is 0 Å². The first kappa shape index (κ1) is 26.7. The van der Waals surface area contributed by atoms with Crippen LogP contribution in [0.4, 0.5) is 4.79 Å². The maximum Gasteiger partial charge on any atom is 0.412 e. The molecule has 0 radical (unpaired) electrons. The zero-order valence-electron chi connectivity index (χ0n) is 20.7. The van der Waals surface area contributed by atoms with Crippen molar-refractivity contribution in [3.8, 4) is 0 Å². The van der Waals surface area contributed by atoms with E-state index in [4.69, 9.17) is 9.47 Å². The number of hydrogen-bond donors (Lipinski definition) is 0. The van der Waals surface area contributed by atoms with E-state index in [9.17, 15) is 21.6 Å². The number of nitrogens with zero attached hydrogens (tertiary/aromatic N) is 1. The molecule has 0 aromatic rings. The summed E-state index contributed by atoms with van der Waals surface area (Å²) in [7, 11) is -7.40. The Morgan fingerprint density at radius 2 is 1.55 bits per heavy atom. The highest BCUT2D eigenvalue weighted by molar-refractivity contribution is 8.09. The number of hydrogen-bond acceptors (Lipinski definition) is 7. The molecule has 8 nitrogen and oxygen atoms in total. The van der Waals surface area contributed by atoms with Crippen LogP contribution in [0.3, 0.4) is 0 Å². The van der Waals surface area contributed by atoms with E-state index < -0.39 is 47.8 Å². The molecule has 2 aliphatic heterocycles. The van der Waals surface area contributed by atoms with Crippen LogP contribution in [0.25, 0.3) is 0 Å². The van der Waals surface area contributed by atoms with Crippen LogP contribution in [0.2, 0.25) is 0 Å². The lowest BCUT2D eigenvalue weighted by atomic mass is 9.83. The lowest BCUT2D eigenvalue weighted by Gasteiger charge is -2.37. The van der Waals surface area contributed by atoms with Crippen molar-refractivity contribution in [2.24, 2.45) is 5.92 Å². The fraction of sp³-hybridized carbons (Fsp3) is 0.957. The predicted molar refractivity (Wildman–Crippen MR) is 127 cm³/mol. The highest BCUT2D eigenvalue weighted by Crippen LogP contribution is 2.41. The van der Waals surface area contributed by atoms with E-state index in [1.807, 2.05) is 34.6 Å². The van der Waals surface area contributed by atoms with E-state index >= 15 is 0 Å². The van der Waals surface area contributed by atoms with Gasteiger partial charge in [-0.05, 0) is 66.2 Å². The van der Waals surface area contributed by atoms with Gasteiger partial charge in [0.25, 0.3) is 0 Å². The normalized spacial score (nSPS) is 30.3. The van der Waals surface area contributed by atoms with Gasteiger partial charge in [-0.3, -0.25) is 4.90 Å². The first-order valence-corrected chi connectivity index (χ1v) is 15.7. The molecular weight excluding hydrogens is 466 g/mol. The van der Waals surface area contributed by atoms with E-state index in [0.29, 0.717) is 5.92 Å². The van der Waals surface area contributed by atoms with Gasteiger partial charge in [-0.15, -0.1) is 0 Å². The Morgan fingerprint density at radius 1 is 0.970 bits per heavy atom. The zero-order chi connectivity index (χ0) is 24.7. The molecule has 0 aromatic carbocycles. The van der Waals surface area contributed by atoms with Crippen molar-refractivity contribution in [3.63, 3.8) is 0 Å². The lowest BCUT2D eigenvalue weighted by molar-refractivity contribution is -0.0800. The number of sulfone groups is 2. The third-order valence-electron chi connectivity index (χ3n) is 7.02. The fourth-order valence-corrected chi connectivity index (χ4v) is 10.8. The van der Waals surface area contributed by atoms with Crippen LogP contribution in [0, 0.1) is 5.92 Å². The molecule has 1 aliphatic carbocycles. The van der Waals surface area contributed by atoms with Crippen molar-refractivity contribution in [1.82, 2.24) is 4.90 Å². The summed E-state index contributed by atoms with van der Waals surface area (Å²) in [5.74, 6) is 0.267. The number of carbonyl (C=O) groups is 1. The van der Waals surface area contributed by atoms with Crippen LogP contribution in [0.1, 0.15) is 92.4 Å². The maximum absolute atomic E-state index is 13.2. The largest absolute Gasteiger partial charge is 0.444 e. The zero-order valence-corrected chi connectivity index (χ0v) is 22.3. The van der Waals surface area contributed by atoms with Gasteiger partial charge in [0.15, 0.2) is 24.3 Å². The summed E-state index contributed by atoms with van der Waals surface area (Å²) in [5, 5.41) is 0. The Morgan fingerprint density at radius 3 is 2.09 bits per heavy atom. The molecule has 1 amide bonds. The highest BCUT2D eigenvalue weighted by Gasteiger charge is 2.52. The summed E-state index contributed by atoms with van der Waals surface area (Å²) >= 11 is 0. The van der Waals surface area contributed by atoms with Crippen LogP contribution in [0.15, 0.2) is 0 Å². The van der Waals surface area contributed by atoms with E-state index in [1.165, 1.54) is 6.42 Å². The van der Waals surface area contributed by atoms with Crippen LogP contribution in [0.5, 0.6) is 0 Å². The molecule has 10 heteroatoms.